The minimum atomic E-state index is 0.833. The Balaban J connectivity index is 1.67. The normalized spacial score (nSPS) is 21.6. The van der Waals surface area contributed by atoms with Crippen molar-refractivity contribution < 1.29 is 0 Å². The molecule has 1 aliphatic carbocycles. The molecule has 2 heterocycles. The smallest absolute Gasteiger partial charge is 0.0549 e. The summed E-state index contributed by atoms with van der Waals surface area (Å²) in [6, 6.07) is 2.19. The van der Waals surface area contributed by atoms with Crippen LogP contribution in [0.5, 0.6) is 0 Å². The van der Waals surface area contributed by atoms with Crippen LogP contribution >= 0.6 is 23.7 Å². The van der Waals surface area contributed by atoms with E-state index in [0.29, 0.717) is 0 Å². The second-order valence-electron chi connectivity index (χ2n) is 4.72. The number of thioether (sulfide) groups is 1. The second kappa shape index (κ2) is 5.63. The van der Waals surface area contributed by atoms with Crippen LogP contribution in [0.1, 0.15) is 32.1 Å². The highest BCUT2D eigenvalue weighted by Gasteiger charge is 2.22. The third kappa shape index (κ3) is 3.39. The SMILES string of the molecule is c1cc(SC2CCCCC2)c(SN2CC2)cn1. The van der Waals surface area contributed by atoms with Gasteiger partial charge in [-0.15, -0.1) is 11.8 Å². The van der Waals surface area contributed by atoms with E-state index in [4.69, 9.17) is 0 Å². The maximum Gasteiger partial charge on any atom is 0.0549 e. The molecule has 1 saturated carbocycles. The summed E-state index contributed by atoms with van der Waals surface area (Å²) >= 11 is 3.95. The van der Waals surface area contributed by atoms with Gasteiger partial charge in [-0.3, -0.25) is 4.98 Å². The molecule has 4 heteroatoms. The lowest BCUT2D eigenvalue weighted by Gasteiger charge is -2.21. The first kappa shape index (κ1) is 11.9. The Morgan fingerprint density at radius 2 is 1.94 bits per heavy atom. The largest absolute Gasteiger partial charge is 0.263 e. The summed E-state index contributed by atoms with van der Waals surface area (Å²) in [5.74, 6) is 0. The Kier molecular flexibility index (Phi) is 3.94. The monoisotopic (exact) mass is 266 g/mol. The highest BCUT2D eigenvalue weighted by Crippen LogP contribution is 2.40. The van der Waals surface area contributed by atoms with Gasteiger partial charge in [0.15, 0.2) is 0 Å². The average molecular weight is 266 g/mol. The molecule has 1 saturated heterocycles. The molecule has 0 spiro atoms. The highest BCUT2D eigenvalue weighted by molar-refractivity contribution is 8.01. The topological polar surface area (TPSA) is 15.9 Å². The summed E-state index contributed by atoms with van der Waals surface area (Å²) in [4.78, 5) is 7.04. The van der Waals surface area contributed by atoms with Crippen molar-refractivity contribution in [2.24, 2.45) is 0 Å². The number of aromatic nitrogens is 1. The number of nitrogens with zero attached hydrogens (tertiary/aromatic N) is 2. The lowest BCUT2D eigenvalue weighted by Crippen LogP contribution is -2.07. The number of hydrogen-bond donors (Lipinski definition) is 0. The van der Waals surface area contributed by atoms with Crippen LogP contribution < -0.4 is 0 Å². The lowest BCUT2D eigenvalue weighted by atomic mass is 10.0. The van der Waals surface area contributed by atoms with Crippen molar-refractivity contribution in [2.75, 3.05) is 13.1 Å². The standard InChI is InChI=1S/C13H18N2S2/c1-2-4-11(5-3-1)16-12-6-7-14-10-13(12)17-15-8-9-15/h6-7,10-11H,1-5,8-9H2. The maximum atomic E-state index is 4.26. The summed E-state index contributed by atoms with van der Waals surface area (Å²) in [5, 5.41) is 0.833. The first-order chi connectivity index (χ1) is 8.42. The van der Waals surface area contributed by atoms with E-state index in [9.17, 15) is 0 Å². The molecule has 0 bridgehead atoms. The average Bonchev–Trinajstić information content (AvgIpc) is 3.17. The van der Waals surface area contributed by atoms with Gasteiger partial charge in [-0.1, -0.05) is 19.3 Å². The van der Waals surface area contributed by atoms with Gasteiger partial charge in [0.1, 0.15) is 0 Å². The fourth-order valence-electron chi connectivity index (χ4n) is 2.17. The minimum absolute atomic E-state index is 0.833. The number of pyridine rings is 1. The molecule has 1 aromatic rings. The van der Waals surface area contributed by atoms with Gasteiger partial charge in [0.25, 0.3) is 0 Å². The Bertz CT molecular complexity index is 373. The molecule has 1 aromatic heterocycles. The van der Waals surface area contributed by atoms with E-state index in [1.807, 2.05) is 24.3 Å². The zero-order chi connectivity index (χ0) is 11.5. The summed E-state index contributed by atoms with van der Waals surface area (Å²) in [6.07, 6.45) is 11.0. The summed E-state index contributed by atoms with van der Waals surface area (Å²) in [7, 11) is 0. The summed E-state index contributed by atoms with van der Waals surface area (Å²) in [5.41, 5.74) is 0. The van der Waals surface area contributed by atoms with Gasteiger partial charge >= 0.3 is 0 Å². The molecule has 92 valence electrons. The number of rotatable bonds is 4. The first-order valence-electron chi connectivity index (χ1n) is 6.45. The van der Waals surface area contributed by atoms with Gasteiger partial charge in [0.2, 0.25) is 0 Å². The van der Waals surface area contributed by atoms with E-state index in [1.54, 1.807) is 0 Å². The zero-order valence-electron chi connectivity index (χ0n) is 9.97. The van der Waals surface area contributed by atoms with Gasteiger partial charge in [0, 0.05) is 35.6 Å². The molecule has 2 fully saturated rings. The van der Waals surface area contributed by atoms with Crippen molar-refractivity contribution >= 4 is 23.7 Å². The summed E-state index contributed by atoms with van der Waals surface area (Å²) < 4.78 is 2.38. The van der Waals surface area contributed by atoms with E-state index in [1.165, 1.54) is 55.0 Å². The quantitative estimate of drug-likeness (QED) is 0.608. The van der Waals surface area contributed by atoms with Crippen LogP contribution in [0.25, 0.3) is 0 Å². The van der Waals surface area contributed by atoms with Crippen LogP contribution in [0.3, 0.4) is 0 Å². The van der Waals surface area contributed by atoms with Crippen LogP contribution in [-0.4, -0.2) is 27.6 Å². The van der Waals surface area contributed by atoms with Crippen LogP contribution in [-0.2, 0) is 0 Å². The summed E-state index contributed by atoms with van der Waals surface area (Å²) in [6.45, 7) is 2.46. The van der Waals surface area contributed by atoms with E-state index < -0.39 is 0 Å². The van der Waals surface area contributed by atoms with Crippen molar-refractivity contribution in [2.45, 2.75) is 47.1 Å². The third-order valence-electron chi connectivity index (χ3n) is 3.23. The van der Waals surface area contributed by atoms with E-state index in [2.05, 4.69) is 27.1 Å². The van der Waals surface area contributed by atoms with E-state index >= 15 is 0 Å². The molecular weight excluding hydrogens is 248 g/mol. The molecule has 0 atom stereocenters. The van der Waals surface area contributed by atoms with Gasteiger partial charge in [0.05, 0.1) is 4.90 Å². The highest BCUT2D eigenvalue weighted by atomic mass is 32.2. The van der Waals surface area contributed by atoms with Crippen molar-refractivity contribution in [3.63, 3.8) is 0 Å². The molecule has 17 heavy (non-hydrogen) atoms. The van der Waals surface area contributed by atoms with Crippen molar-refractivity contribution in [3.8, 4) is 0 Å². The fraction of sp³-hybridized carbons (Fsp3) is 0.615. The molecule has 0 radical (unpaired) electrons. The van der Waals surface area contributed by atoms with Crippen LogP contribution in [0, 0.1) is 0 Å². The molecule has 0 unspecified atom stereocenters. The Hall–Kier alpha value is -0.190. The molecule has 2 aliphatic rings. The van der Waals surface area contributed by atoms with E-state index in [0.717, 1.165) is 5.25 Å². The Morgan fingerprint density at radius 1 is 1.12 bits per heavy atom. The predicted octanol–water partition coefficient (Wildman–Crippen LogP) is 3.83. The maximum absolute atomic E-state index is 4.26. The predicted molar refractivity (Wildman–Crippen MR) is 74.4 cm³/mol. The molecule has 0 amide bonds. The Morgan fingerprint density at radius 3 is 2.71 bits per heavy atom. The first-order valence-corrected chi connectivity index (χ1v) is 8.11. The molecule has 1 aliphatic heterocycles. The lowest BCUT2D eigenvalue weighted by molar-refractivity contribution is 0.516. The van der Waals surface area contributed by atoms with Crippen LogP contribution in [0.15, 0.2) is 28.3 Å². The van der Waals surface area contributed by atoms with Gasteiger partial charge < -0.3 is 0 Å². The van der Waals surface area contributed by atoms with Crippen LogP contribution in [0.4, 0.5) is 0 Å². The van der Waals surface area contributed by atoms with Crippen molar-refractivity contribution in [1.29, 1.82) is 0 Å². The molecule has 0 N–H and O–H groups in total. The van der Waals surface area contributed by atoms with Gasteiger partial charge in [-0.25, -0.2) is 4.31 Å². The van der Waals surface area contributed by atoms with Gasteiger partial charge in [-0.05, 0) is 30.9 Å². The number of hydrogen-bond acceptors (Lipinski definition) is 4. The minimum Gasteiger partial charge on any atom is -0.263 e. The second-order valence-corrected chi connectivity index (χ2v) is 7.20. The van der Waals surface area contributed by atoms with Gasteiger partial charge in [-0.2, -0.15) is 0 Å². The molecule has 0 aromatic carbocycles. The third-order valence-corrected chi connectivity index (χ3v) is 5.92. The van der Waals surface area contributed by atoms with Crippen molar-refractivity contribution in [3.05, 3.63) is 18.5 Å². The van der Waals surface area contributed by atoms with Crippen LogP contribution in [0.2, 0.25) is 0 Å². The molecule has 3 rings (SSSR count). The zero-order valence-corrected chi connectivity index (χ0v) is 11.6. The molecular formula is C13H18N2S2. The Labute approximate surface area is 112 Å². The molecule has 2 nitrogen and oxygen atoms in total. The fourth-order valence-corrected chi connectivity index (χ4v) is 4.47. The van der Waals surface area contributed by atoms with E-state index in [-0.39, 0.29) is 0 Å². The van der Waals surface area contributed by atoms with Crippen molar-refractivity contribution in [1.82, 2.24) is 9.29 Å².